The van der Waals surface area contributed by atoms with Crippen molar-refractivity contribution >= 4 is 75.1 Å². The first kappa shape index (κ1) is 39.4. The van der Waals surface area contributed by atoms with E-state index in [2.05, 4.69) is 264 Å². The molecule has 0 saturated heterocycles. The highest BCUT2D eigenvalue weighted by molar-refractivity contribution is 7.25. The summed E-state index contributed by atoms with van der Waals surface area (Å²) in [7, 11) is 0. The predicted octanol–water partition coefficient (Wildman–Crippen LogP) is 18.6. The minimum Gasteiger partial charge on any atom is -0.309 e. The van der Waals surface area contributed by atoms with Gasteiger partial charge in [-0.25, -0.2) is 0 Å². The molecule has 11 aromatic carbocycles. The fraction of sp³-hybridized carbons (Fsp3) is 0. The number of benzene rings is 11. The number of para-hydroxylation sites is 1. The molecule has 0 fully saturated rings. The van der Waals surface area contributed by atoms with Crippen LogP contribution in [0.5, 0.6) is 0 Å². The van der Waals surface area contributed by atoms with Crippen molar-refractivity contribution in [3.05, 3.63) is 255 Å². The van der Waals surface area contributed by atoms with Crippen molar-refractivity contribution in [3.63, 3.8) is 0 Å². The normalized spacial score (nSPS) is 11.8. The molecule has 0 aliphatic carbocycles. The Kier molecular flexibility index (Phi) is 9.11. The molecule has 3 heteroatoms. The lowest BCUT2D eigenvalue weighted by molar-refractivity contribution is 1.18. The van der Waals surface area contributed by atoms with Crippen molar-refractivity contribution in [3.8, 4) is 67.0 Å². The zero-order valence-electron chi connectivity index (χ0n) is 37.6. The van der Waals surface area contributed by atoms with Crippen molar-refractivity contribution in [1.29, 1.82) is 0 Å². The van der Waals surface area contributed by atoms with Crippen LogP contribution in [-0.2, 0) is 0 Å². The Morgan fingerprint density at radius 3 is 1.09 bits per heavy atom. The lowest BCUT2D eigenvalue weighted by atomic mass is 9.97. The fourth-order valence-electron chi connectivity index (χ4n) is 10.8. The molecule has 0 spiro atoms. The Labute approximate surface area is 403 Å². The molecule has 14 rings (SSSR count). The van der Waals surface area contributed by atoms with Crippen LogP contribution in [0, 0.1) is 0 Å². The first-order valence-corrected chi connectivity index (χ1v) is 24.5. The molecule has 3 heterocycles. The summed E-state index contributed by atoms with van der Waals surface area (Å²) in [6.07, 6.45) is 0. The predicted molar refractivity (Wildman–Crippen MR) is 295 cm³/mol. The monoisotopic (exact) mass is 894 g/mol. The van der Waals surface area contributed by atoms with E-state index in [4.69, 9.17) is 0 Å². The highest BCUT2D eigenvalue weighted by Gasteiger charge is 2.18. The van der Waals surface area contributed by atoms with Crippen LogP contribution in [0.15, 0.2) is 255 Å². The summed E-state index contributed by atoms with van der Waals surface area (Å²) < 4.78 is 7.51. The average Bonchev–Trinajstić information content (AvgIpc) is 4.08. The molecule has 0 radical (unpaired) electrons. The minimum atomic E-state index is 1.13. The third-order valence-electron chi connectivity index (χ3n) is 14.1. The molecular formula is C66H42N2S. The van der Waals surface area contributed by atoms with Gasteiger partial charge in [0.2, 0.25) is 0 Å². The van der Waals surface area contributed by atoms with Crippen molar-refractivity contribution < 1.29 is 0 Å². The van der Waals surface area contributed by atoms with E-state index >= 15 is 0 Å². The minimum absolute atomic E-state index is 1.13. The summed E-state index contributed by atoms with van der Waals surface area (Å²) >= 11 is 1.86. The summed E-state index contributed by atoms with van der Waals surface area (Å²) in [4.78, 5) is 0. The topological polar surface area (TPSA) is 9.86 Å². The molecule has 322 valence electrons. The molecular weight excluding hydrogens is 853 g/mol. The van der Waals surface area contributed by atoms with Crippen LogP contribution in [0.4, 0.5) is 0 Å². The highest BCUT2D eigenvalue weighted by atomic mass is 32.1. The molecule has 0 aliphatic rings. The molecule has 69 heavy (non-hydrogen) atoms. The van der Waals surface area contributed by atoms with Gasteiger partial charge in [0.25, 0.3) is 0 Å². The van der Waals surface area contributed by atoms with Gasteiger partial charge in [0, 0.05) is 53.1 Å². The number of fused-ring (bicyclic) bond motifs is 9. The zero-order chi connectivity index (χ0) is 45.4. The van der Waals surface area contributed by atoms with Gasteiger partial charge in [0.1, 0.15) is 0 Å². The molecule has 0 atom stereocenters. The van der Waals surface area contributed by atoms with Crippen LogP contribution in [0.3, 0.4) is 0 Å². The number of hydrogen-bond acceptors (Lipinski definition) is 1. The van der Waals surface area contributed by atoms with Gasteiger partial charge >= 0.3 is 0 Å². The summed E-state index contributed by atoms with van der Waals surface area (Å²) in [6, 6.07) is 93.8. The Morgan fingerprint density at radius 2 is 0.551 bits per heavy atom. The van der Waals surface area contributed by atoms with E-state index < -0.39 is 0 Å². The van der Waals surface area contributed by atoms with Gasteiger partial charge in [-0.1, -0.05) is 158 Å². The standard InChI is InChI=1S/C66H42N2S/c1-4-14-43(15-5-1)48-26-31-61-56(38-48)58-40-50(28-33-62(58)67(61)53-21-8-3-9-22-53)51-29-34-64-59(41-51)57-39-49(44-16-6-2-7-17-44)27-32-63(57)68(64)54-23-13-20-47(37-54)45-18-12-19-46(36-45)52-30-35-66-60(42-52)55-24-10-11-25-65(55)69-66/h1-42H. The molecule has 3 aromatic heterocycles. The summed E-state index contributed by atoms with van der Waals surface area (Å²) in [6.45, 7) is 0. The first-order valence-electron chi connectivity index (χ1n) is 23.6. The quantitative estimate of drug-likeness (QED) is 0.151. The number of nitrogens with zero attached hydrogens (tertiary/aromatic N) is 2. The van der Waals surface area contributed by atoms with Gasteiger partial charge in [-0.15, -0.1) is 11.3 Å². The van der Waals surface area contributed by atoms with E-state index in [-0.39, 0.29) is 0 Å². The van der Waals surface area contributed by atoms with E-state index in [0.717, 1.165) is 11.4 Å². The lowest BCUT2D eigenvalue weighted by Gasteiger charge is -2.12. The van der Waals surface area contributed by atoms with E-state index in [9.17, 15) is 0 Å². The van der Waals surface area contributed by atoms with Crippen LogP contribution in [-0.4, -0.2) is 9.13 Å². The van der Waals surface area contributed by atoms with Crippen LogP contribution in [0.2, 0.25) is 0 Å². The fourth-order valence-corrected chi connectivity index (χ4v) is 11.9. The Morgan fingerprint density at radius 1 is 0.203 bits per heavy atom. The lowest BCUT2D eigenvalue weighted by Crippen LogP contribution is -1.94. The van der Waals surface area contributed by atoms with Crippen molar-refractivity contribution in [2.45, 2.75) is 0 Å². The summed E-state index contributed by atoms with van der Waals surface area (Å²) in [5.74, 6) is 0. The molecule has 0 amide bonds. The van der Waals surface area contributed by atoms with Gasteiger partial charge in [-0.3, -0.25) is 0 Å². The molecule has 14 aromatic rings. The number of aromatic nitrogens is 2. The Hall–Kier alpha value is -8.76. The van der Waals surface area contributed by atoms with E-state index in [1.54, 1.807) is 0 Å². The molecule has 0 unspecified atom stereocenters. The van der Waals surface area contributed by atoms with Gasteiger partial charge in [0.05, 0.1) is 22.1 Å². The van der Waals surface area contributed by atoms with Crippen molar-refractivity contribution in [1.82, 2.24) is 9.13 Å². The largest absolute Gasteiger partial charge is 0.309 e. The second kappa shape index (κ2) is 16.0. The SMILES string of the molecule is c1ccc(-c2ccc3c(c2)c2cc(-c4ccc5c(c4)c4cc(-c6ccccc6)ccc4n5-c4cccc(-c5cccc(-c6ccc7sc8ccccc8c7c6)c5)c4)ccc2n3-c2ccccc2)cc1. The second-order valence-electron chi connectivity index (χ2n) is 18.1. The van der Waals surface area contributed by atoms with E-state index in [0.29, 0.717) is 0 Å². The maximum absolute atomic E-state index is 2.45. The maximum atomic E-state index is 2.45. The molecule has 0 saturated carbocycles. The average molecular weight is 895 g/mol. The van der Waals surface area contributed by atoms with Gasteiger partial charge in [-0.2, -0.15) is 0 Å². The molecule has 2 nitrogen and oxygen atoms in total. The van der Waals surface area contributed by atoms with Gasteiger partial charge < -0.3 is 9.13 Å². The Bertz CT molecular complexity index is 4290. The molecule has 0 N–H and O–H groups in total. The van der Waals surface area contributed by atoms with E-state index in [1.807, 2.05) is 11.3 Å². The zero-order valence-corrected chi connectivity index (χ0v) is 38.4. The van der Waals surface area contributed by atoms with Crippen molar-refractivity contribution in [2.75, 3.05) is 0 Å². The van der Waals surface area contributed by atoms with Gasteiger partial charge in [0.15, 0.2) is 0 Å². The first-order chi connectivity index (χ1) is 34.2. The smallest absolute Gasteiger partial charge is 0.0541 e. The number of rotatable bonds is 7. The van der Waals surface area contributed by atoms with Crippen LogP contribution in [0.1, 0.15) is 0 Å². The number of thiophene rings is 1. The van der Waals surface area contributed by atoms with Crippen LogP contribution < -0.4 is 0 Å². The van der Waals surface area contributed by atoms with Crippen LogP contribution in [0.25, 0.3) is 131 Å². The van der Waals surface area contributed by atoms with Crippen LogP contribution >= 0.6 is 11.3 Å². The van der Waals surface area contributed by atoms with E-state index in [1.165, 1.54) is 119 Å². The highest BCUT2D eigenvalue weighted by Crippen LogP contribution is 2.42. The number of hydrogen-bond donors (Lipinski definition) is 0. The second-order valence-corrected chi connectivity index (χ2v) is 19.2. The maximum Gasteiger partial charge on any atom is 0.0541 e. The van der Waals surface area contributed by atoms with Crippen molar-refractivity contribution in [2.24, 2.45) is 0 Å². The molecule has 0 aliphatic heterocycles. The Balaban J connectivity index is 0.913. The van der Waals surface area contributed by atoms with Gasteiger partial charge in [-0.05, 0) is 153 Å². The summed E-state index contributed by atoms with van der Waals surface area (Å²) in [5.41, 5.74) is 19.1. The molecule has 0 bridgehead atoms. The third-order valence-corrected chi connectivity index (χ3v) is 15.3. The summed E-state index contributed by atoms with van der Waals surface area (Å²) in [5, 5.41) is 7.57. The third kappa shape index (κ3) is 6.62.